The first kappa shape index (κ1) is 20.7. The van der Waals surface area contributed by atoms with E-state index in [0.717, 1.165) is 63.8 Å². The maximum Gasteiger partial charge on any atom is 0.244 e. The van der Waals surface area contributed by atoms with E-state index in [0.29, 0.717) is 6.54 Å². The van der Waals surface area contributed by atoms with Crippen molar-refractivity contribution >= 4 is 22.4 Å². The van der Waals surface area contributed by atoms with Crippen molar-refractivity contribution in [2.24, 2.45) is 0 Å². The summed E-state index contributed by atoms with van der Waals surface area (Å²) in [7, 11) is 1.65. The van der Waals surface area contributed by atoms with Crippen LogP contribution in [0.15, 0.2) is 53.2 Å². The van der Waals surface area contributed by atoms with E-state index in [1.54, 1.807) is 19.4 Å². The van der Waals surface area contributed by atoms with Crippen molar-refractivity contribution in [3.8, 4) is 16.9 Å². The van der Waals surface area contributed by atoms with Crippen molar-refractivity contribution in [3.63, 3.8) is 0 Å². The van der Waals surface area contributed by atoms with E-state index in [1.807, 2.05) is 32.0 Å². The average Bonchev–Trinajstić information content (AvgIpc) is 3.16. The molecule has 0 saturated carbocycles. The molecule has 29 heavy (non-hydrogen) atoms. The predicted molar refractivity (Wildman–Crippen MR) is 119 cm³/mol. The maximum atomic E-state index is 12.3. The molecule has 152 valence electrons. The number of benzene rings is 2. The zero-order chi connectivity index (χ0) is 20.8. The number of amides is 1. The van der Waals surface area contributed by atoms with Gasteiger partial charge in [0.15, 0.2) is 0 Å². The number of fused-ring (bicyclic) bond motifs is 1. The number of methoxy groups -OCH3 is 1. The van der Waals surface area contributed by atoms with Crippen LogP contribution in [-0.4, -0.2) is 19.6 Å². The van der Waals surface area contributed by atoms with E-state index in [2.05, 4.69) is 30.4 Å². The molecule has 0 unspecified atom stereocenters. The van der Waals surface area contributed by atoms with Crippen LogP contribution in [0.25, 0.3) is 27.7 Å². The molecule has 2 aromatic carbocycles. The van der Waals surface area contributed by atoms with Gasteiger partial charge >= 0.3 is 0 Å². The van der Waals surface area contributed by atoms with Crippen LogP contribution < -0.4 is 10.1 Å². The topological polar surface area (TPSA) is 51.5 Å². The Morgan fingerprint density at radius 1 is 1.21 bits per heavy atom. The van der Waals surface area contributed by atoms with Gasteiger partial charge in [-0.05, 0) is 37.5 Å². The van der Waals surface area contributed by atoms with E-state index in [1.165, 1.54) is 0 Å². The molecule has 0 aliphatic carbocycles. The van der Waals surface area contributed by atoms with Gasteiger partial charge in [-0.25, -0.2) is 0 Å². The Balaban J connectivity index is 2.00. The number of ether oxygens (including phenoxy) is 1. The molecule has 0 fully saturated rings. The van der Waals surface area contributed by atoms with Crippen molar-refractivity contribution in [2.45, 2.75) is 40.0 Å². The fourth-order valence-corrected chi connectivity index (χ4v) is 3.63. The van der Waals surface area contributed by atoms with Crippen LogP contribution in [0.3, 0.4) is 0 Å². The lowest BCUT2D eigenvalue weighted by molar-refractivity contribution is -0.116. The zero-order valence-corrected chi connectivity index (χ0v) is 17.7. The van der Waals surface area contributed by atoms with Crippen LogP contribution >= 0.6 is 0 Å². The van der Waals surface area contributed by atoms with Gasteiger partial charge in [-0.15, -0.1) is 0 Å². The lowest BCUT2D eigenvalue weighted by Gasteiger charge is -2.13. The van der Waals surface area contributed by atoms with E-state index >= 15 is 0 Å². The number of rotatable bonds is 8. The summed E-state index contributed by atoms with van der Waals surface area (Å²) < 4.78 is 11.6. The Bertz CT molecular complexity index is 1020. The second-order valence-corrected chi connectivity index (χ2v) is 7.30. The first-order chi connectivity index (χ1) is 14.1. The van der Waals surface area contributed by atoms with Crippen LogP contribution in [0, 0.1) is 6.92 Å². The minimum atomic E-state index is -0.0751. The Morgan fingerprint density at radius 2 is 1.97 bits per heavy atom. The van der Waals surface area contributed by atoms with E-state index < -0.39 is 0 Å². The largest absolute Gasteiger partial charge is 0.496 e. The number of carbonyl (C=O) groups is 1. The van der Waals surface area contributed by atoms with Crippen molar-refractivity contribution in [2.75, 3.05) is 13.7 Å². The normalized spacial score (nSPS) is 11.7. The van der Waals surface area contributed by atoms with E-state index in [-0.39, 0.29) is 5.91 Å². The van der Waals surface area contributed by atoms with Gasteiger partial charge in [-0.2, -0.15) is 0 Å². The number of unbranched alkanes of at least 4 members (excludes halogenated alkanes) is 2. The molecule has 4 nitrogen and oxygen atoms in total. The fourth-order valence-electron chi connectivity index (χ4n) is 3.63. The quantitative estimate of drug-likeness (QED) is 0.371. The molecule has 0 aliphatic rings. The predicted octanol–water partition coefficient (Wildman–Crippen LogP) is 6.13. The van der Waals surface area contributed by atoms with Crippen molar-refractivity contribution in [1.29, 1.82) is 0 Å². The van der Waals surface area contributed by atoms with Gasteiger partial charge in [0, 0.05) is 34.7 Å². The number of nitrogens with one attached hydrogen (secondary N) is 1. The molecule has 0 aliphatic heterocycles. The highest BCUT2D eigenvalue weighted by Gasteiger charge is 2.18. The van der Waals surface area contributed by atoms with Crippen molar-refractivity contribution < 1.29 is 13.9 Å². The van der Waals surface area contributed by atoms with Crippen molar-refractivity contribution in [3.05, 3.63) is 59.9 Å². The molecule has 1 N–H and O–H groups in total. The molecule has 0 atom stereocenters. The van der Waals surface area contributed by atoms with Gasteiger partial charge in [-0.1, -0.05) is 50.1 Å². The minimum Gasteiger partial charge on any atom is -0.496 e. The number of hydrogen-bond donors (Lipinski definition) is 1. The summed E-state index contributed by atoms with van der Waals surface area (Å²) in [6, 6.07) is 12.2. The van der Waals surface area contributed by atoms with Crippen LogP contribution in [0.2, 0.25) is 0 Å². The summed E-state index contributed by atoms with van der Waals surface area (Å²) in [4.78, 5) is 12.3. The third-order valence-corrected chi connectivity index (χ3v) is 5.18. The van der Waals surface area contributed by atoms with Crippen LogP contribution in [0.4, 0.5) is 0 Å². The Kier molecular flexibility index (Phi) is 6.76. The smallest absolute Gasteiger partial charge is 0.244 e. The standard InChI is InChI=1S/C25H29NO3/c1-5-6-10-13-26-23(27)14-17(2)20-15-21-22(19-11-8-7-9-12-19)16-29-25(21)18(3)24(20)28-4/h7-9,11-12,14-16H,5-6,10,13H2,1-4H3,(H,26,27)/b17-14+. The average molecular weight is 392 g/mol. The van der Waals surface area contributed by atoms with Crippen LogP contribution in [0.1, 0.15) is 44.2 Å². The lowest BCUT2D eigenvalue weighted by atomic mass is 9.96. The number of aryl methyl sites for hydroxylation is 1. The van der Waals surface area contributed by atoms with Gasteiger partial charge in [0.2, 0.25) is 5.91 Å². The highest BCUT2D eigenvalue weighted by molar-refractivity contribution is 6.01. The van der Waals surface area contributed by atoms with Gasteiger partial charge in [0.25, 0.3) is 0 Å². The van der Waals surface area contributed by atoms with Crippen LogP contribution in [0.5, 0.6) is 5.75 Å². The Labute approximate surface area is 172 Å². The maximum absolute atomic E-state index is 12.3. The molecule has 1 aromatic heterocycles. The molecule has 3 rings (SSSR count). The summed E-state index contributed by atoms with van der Waals surface area (Å²) in [5, 5.41) is 3.98. The lowest BCUT2D eigenvalue weighted by Crippen LogP contribution is -2.22. The fraction of sp³-hybridized carbons (Fsp3) is 0.320. The van der Waals surface area contributed by atoms with E-state index in [4.69, 9.17) is 9.15 Å². The van der Waals surface area contributed by atoms with Gasteiger partial charge in [-0.3, -0.25) is 4.79 Å². The molecule has 0 bridgehead atoms. The summed E-state index contributed by atoms with van der Waals surface area (Å²) in [5.74, 6) is 0.660. The summed E-state index contributed by atoms with van der Waals surface area (Å²) in [5.41, 5.74) is 5.63. The SMILES string of the molecule is CCCCCNC(=O)/C=C(\C)c1cc2c(-c3ccccc3)coc2c(C)c1OC. The highest BCUT2D eigenvalue weighted by atomic mass is 16.5. The monoisotopic (exact) mass is 391 g/mol. The molecule has 0 spiro atoms. The second-order valence-electron chi connectivity index (χ2n) is 7.30. The summed E-state index contributed by atoms with van der Waals surface area (Å²) >= 11 is 0. The first-order valence-corrected chi connectivity index (χ1v) is 10.2. The van der Waals surface area contributed by atoms with Crippen LogP contribution in [-0.2, 0) is 4.79 Å². The van der Waals surface area contributed by atoms with Gasteiger partial charge < -0.3 is 14.5 Å². The third kappa shape index (κ3) is 4.53. The molecule has 0 saturated heterocycles. The second kappa shape index (κ2) is 9.46. The molecule has 4 heteroatoms. The van der Waals surface area contributed by atoms with E-state index in [9.17, 15) is 4.79 Å². The highest BCUT2D eigenvalue weighted by Crippen LogP contribution is 2.40. The number of allylic oxidation sites excluding steroid dienone is 1. The first-order valence-electron chi connectivity index (χ1n) is 10.2. The Morgan fingerprint density at radius 3 is 2.66 bits per heavy atom. The summed E-state index contributed by atoms with van der Waals surface area (Å²) in [6.07, 6.45) is 6.69. The van der Waals surface area contributed by atoms with Gasteiger partial charge in [0.05, 0.1) is 13.4 Å². The summed E-state index contributed by atoms with van der Waals surface area (Å²) in [6.45, 7) is 6.78. The zero-order valence-electron chi connectivity index (χ0n) is 17.7. The minimum absolute atomic E-state index is 0.0751. The molecular formula is C25H29NO3. The van der Waals surface area contributed by atoms with Crippen molar-refractivity contribution in [1.82, 2.24) is 5.32 Å². The molecule has 1 amide bonds. The number of carbonyl (C=O) groups excluding carboxylic acids is 1. The molecular weight excluding hydrogens is 362 g/mol. The third-order valence-electron chi connectivity index (χ3n) is 5.18. The van der Waals surface area contributed by atoms with Gasteiger partial charge in [0.1, 0.15) is 11.3 Å². The number of furan rings is 1. The number of hydrogen-bond acceptors (Lipinski definition) is 3. The molecule has 3 aromatic rings. The molecule has 1 heterocycles. The Hall–Kier alpha value is -3.01. The molecule has 0 radical (unpaired) electrons.